The molecule has 0 saturated heterocycles. The minimum absolute atomic E-state index is 0.103. The van der Waals surface area contributed by atoms with Crippen LogP contribution in [0.1, 0.15) is 0 Å². The fraction of sp³-hybridized carbons (Fsp3) is 0.417. The fourth-order valence-corrected chi connectivity index (χ4v) is 1.82. The van der Waals surface area contributed by atoms with Crippen molar-refractivity contribution in [3.05, 3.63) is 28.7 Å². The molecule has 1 atom stereocenters. The van der Waals surface area contributed by atoms with Crippen LogP contribution in [0.15, 0.2) is 28.7 Å². The maximum Gasteiger partial charge on any atom is 0.462 e. The Morgan fingerprint density at radius 3 is 1.81 bits per heavy atom. The summed E-state index contributed by atoms with van der Waals surface area (Å²) in [5.74, 6) is -16.6. The summed E-state index contributed by atoms with van der Waals surface area (Å²) in [6.45, 7) is 0. The largest absolute Gasteiger partial charge is 0.462 e. The summed E-state index contributed by atoms with van der Waals surface area (Å²) in [4.78, 5) is 11.4. The first-order chi connectivity index (χ1) is 11.8. The molecular formula is C12H5BrF11NO2. The first-order valence-electron chi connectivity index (χ1n) is 6.20. The maximum absolute atomic E-state index is 13.9. The molecule has 1 aromatic rings. The number of benzene rings is 1. The smallest absolute Gasteiger partial charge is 0.321 e. The number of carbonyl (C=O) groups excluding carboxylic acids is 1. The van der Waals surface area contributed by atoms with E-state index >= 15 is 0 Å². The Hall–Kier alpha value is -1.64. The molecule has 0 bridgehead atoms. The molecule has 0 fully saturated rings. The van der Waals surface area contributed by atoms with Gasteiger partial charge in [-0.1, -0.05) is 22.0 Å². The van der Waals surface area contributed by atoms with E-state index < -0.39 is 41.8 Å². The van der Waals surface area contributed by atoms with Crippen LogP contribution in [0.3, 0.4) is 0 Å². The number of ether oxygens (including phenoxy) is 1. The van der Waals surface area contributed by atoms with Crippen molar-refractivity contribution in [2.45, 2.75) is 30.2 Å². The molecule has 0 radical (unpaired) electrons. The van der Waals surface area contributed by atoms with E-state index in [0.29, 0.717) is 0 Å². The fourth-order valence-electron chi connectivity index (χ4n) is 1.42. The summed E-state index contributed by atoms with van der Waals surface area (Å²) in [6, 6.07) is 4.04. The van der Waals surface area contributed by atoms with Crippen LogP contribution < -0.4 is 5.32 Å². The highest BCUT2D eigenvalue weighted by molar-refractivity contribution is 9.10. The third-order valence-electron chi connectivity index (χ3n) is 2.73. The van der Waals surface area contributed by atoms with Gasteiger partial charge in [-0.25, -0.2) is 0 Å². The van der Waals surface area contributed by atoms with Gasteiger partial charge >= 0.3 is 30.2 Å². The lowest BCUT2D eigenvalue weighted by molar-refractivity contribution is -0.472. The first kappa shape index (κ1) is 23.4. The van der Waals surface area contributed by atoms with Crippen LogP contribution in [0, 0.1) is 0 Å². The van der Waals surface area contributed by atoms with Crippen LogP contribution in [0.2, 0.25) is 0 Å². The van der Waals surface area contributed by atoms with Crippen molar-refractivity contribution in [3.63, 3.8) is 0 Å². The van der Waals surface area contributed by atoms with Crippen molar-refractivity contribution in [1.82, 2.24) is 0 Å². The second-order valence-electron chi connectivity index (χ2n) is 4.75. The molecule has 0 aliphatic rings. The van der Waals surface area contributed by atoms with E-state index in [0.717, 1.165) is 23.5 Å². The molecule has 1 N–H and O–H groups in total. The SMILES string of the molecule is O=C(Nc1cccc(Br)c1)C(F)(OC(F)(F)C(F)(F)C(F)(F)F)C(F)(F)F. The Morgan fingerprint density at radius 1 is 0.889 bits per heavy atom. The van der Waals surface area contributed by atoms with Crippen LogP contribution >= 0.6 is 15.9 Å². The highest BCUT2D eigenvalue weighted by atomic mass is 79.9. The Balaban J connectivity index is 3.30. The number of nitrogens with one attached hydrogen (secondary N) is 1. The molecular weight excluding hydrogens is 479 g/mol. The average molecular weight is 484 g/mol. The lowest BCUT2D eigenvalue weighted by Gasteiger charge is -2.34. The number of alkyl halides is 11. The predicted molar refractivity (Wildman–Crippen MR) is 69.7 cm³/mol. The molecule has 0 aliphatic carbocycles. The molecule has 0 heterocycles. The molecule has 0 spiro atoms. The number of anilines is 1. The molecule has 0 saturated carbocycles. The molecule has 1 unspecified atom stereocenters. The van der Waals surface area contributed by atoms with Crippen molar-refractivity contribution in [1.29, 1.82) is 0 Å². The number of hydrogen-bond acceptors (Lipinski definition) is 2. The lowest BCUT2D eigenvalue weighted by atomic mass is 10.2. The van der Waals surface area contributed by atoms with Gasteiger partial charge in [0.05, 0.1) is 0 Å². The van der Waals surface area contributed by atoms with Gasteiger partial charge in [0.1, 0.15) is 0 Å². The summed E-state index contributed by atoms with van der Waals surface area (Å²) >= 11 is 2.80. The third kappa shape index (κ3) is 4.62. The number of carbonyl (C=O) groups is 1. The Morgan fingerprint density at radius 2 is 1.41 bits per heavy atom. The molecule has 0 aromatic heterocycles. The number of amides is 1. The molecule has 1 amide bonds. The van der Waals surface area contributed by atoms with E-state index in [9.17, 15) is 53.1 Å². The van der Waals surface area contributed by atoms with Gasteiger partial charge in [-0.3, -0.25) is 9.53 Å². The Labute approximate surface area is 150 Å². The van der Waals surface area contributed by atoms with Crippen LogP contribution in [0.25, 0.3) is 0 Å². The quantitative estimate of drug-likeness (QED) is 0.568. The van der Waals surface area contributed by atoms with Crippen molar-refractivity contribution < 1.29 is 57.8 Å². The topological polar surface area (TPSA) is 38.3 Å². The van der Waals surface area contributed by atoms with E-state index in [1.165, 1.54) is 6.07 Å². The molecule has 15 heteroatoms. The van der Waals surface area contributed by atoms with E-state index in [-0.39, 0.29) is 4.47 Å². The predicted octanol–water partition coefficient (Wildman–Crippen LogP) is 5.42. The van der Waals surface area contributed by atoms with Gasteiger partial charge < -0.3 is 5.32 Å². The second-order valence-corrected chi connectivity index (χ2v) is 5.66. The normalized spacial score (nSPS) is 16.0. The van der Waals surface area contributed by atoms with Gasteiger partial charge in [0.15, 0.2) is 0 Å². The van der Waals surface area contributed by atoms with E-state index in [1.807, 2.05) is 0 Å². The summed E-state index contributed by atoms with van der Waals surface area (Å²) in [5.41, 5.74) is -0.643. The number of halogens is 12. The van der Waals surface area contributed by atoms with E-state index in [1.54, 1.807) is 0 Å². The number of rotatable bonds is 5. The van der Waals surface area contributed by atoms with Gasteiger partial charge in [-0.2, -0.15) is 48.3 Å². The van der Waals surface area contributed by atoms with E-state index in [2.05, 4.69) is 20.7 Å². The van der Waals surface area contributed by atoms with Crippen molar-refractivity contribution in [2.75, 3.05) is 5.32 Å². The van der Waals surface area contributed by atoms with Gasteiger partial charge in [0, 0.05) is 10.2 Å². The van der Waals surface area contributed by atoms with Crippen LogP contribution in [0.5, 0.6) is 0 Å². The Kier molecular flexibility index (Phi) is 6.13. The number of hydrogen-bond donors (Lipinski definition) is 1. The summed E-state index contributed by atoms with van der Waals surface area (Å²) < 4.78 is 142. The summed E-state index contributed by atoms with van der Waals surface area (Å²) in [7, 11) is 0. The first-order valence-corrected chi connectivity index (χ1v) is 6.99. The highest BCUT2D eigenvalue weighted by Crippen LogP contribution is 2.51. The monoisotopic (exact) mass is 483 g/mol. The lowest BCUT2D eigenvalue weighted by Crippen LogP contribution is -2.62. The maximum atomic E-state index is 13.9. The van der Waals surface area contributed by atoms with Gasteiger partial charge in [-0.15, -0.1) is 0 Å². The summed E-state index contributed by atoms with van der Waals surface area (Å²) in [6.07, 6.45) is -20.9. The van der Waals surface area contributed by atoms with Gasteiger partial charge in [-0.05, 0) is 18.2 Å². The minimum atomic E-state index is -7.24. The second kappa shape index (κ2) is 7.07. The molecule has 3 nitrogen and oxygen atoms in total. The van der Waals surface area contributed by atoms with Gasteiger partial charge in [0.25, 0.3) is 5.91 Å². The molecule has 154 valence electrons. The van der Waals surface area contributed by atoms with Crippen LogP contribution in [0.4, 0.5) is 54.0 Å². The average Bonchev–Trinajstić information content (AvgIpc) is 2.44. The third-order valence-corrected chi connectivity index (χ3v) is 3.22. The zero-order chi connectivity index (χ0) is 21.5. The van der Waals surface area contributed by atoms with Crippen LogP contribution in [-0.2, 0) is 9.53 Å². The van der Waals surface area contributed by atoms with Crippen molar-refractivity contribution in [3.8, 4) is 0 Å². The molecule has 27 heavy (non-hydrogen) atoms. The molecule has 0 aliphatic heterocycles. The minimum Gasteiger partial charge on any atom is -0.321 e. The van der Waals surface area contributed by atoms with Crippen LogP contribution in [-0.4, -0.2) is 36.1 Å². The zero-order valence-electron chi connectivity index (χ0n) is 12.2. The molecule has 1 aromatic carbocycles. The Bertz CT molecular complexity index is 703. The standard InChI is InChI=1S/C12H5BrF11NO2/c13-5-2-1-3-6(4-5)25-7(26)8(14,10(17,18)19)27-12(23,24)9(15,16)11(20,21)22/h1-4H,(H,25,26). The summed E-state index contributed by atoms with van der Waals surface area (Å²) in [5, 5.41) is 1.09. The highest BCUT2D eigenvalue weighted by Gasteiger charge is 2.79. The van der Waals surface area contributed by atoms with Gasteiger partial charge in [0.2, 0.25) is 0 Å². The molecule has 1 rings (SSSR count). The zero-order valence-corrected chi connectivity index (χ0v) is 13.7. The van der Waals surface area contributed by atoms with Crippen molar-refractivity contribution >= 4 is 27.5 Å². The van der Waals surface area contributed by atoms with Crippen molar-refractivity contribution in [2.24, 2.45) is 0 Å². The van der Waals surface area contributed by atoms with E-state index in [4.69, 9.17) is 0 Å².